The minimum absolute atomic E-state index is 0.242. The lowest BCUT2D eigenvalue weighted by Gasteiger charge is -2.17. The fraction of sp³-hybridized carbons (Fsp3) is 0.556. The number of hydrogen-bond donors (Lipinski definition) is 2. The van der Waals surface area contributed by atoms with Gasteiger partial charge in [0.15, 0.2) is 0 Å². The molecule has 0 bridgehead atoms. The third-order valence-corrected chi connectivity index (χ3v) is 4.01. The summed E-state index contributed by atoms with van der Waals surface area (Å²) in [6, 6.07) is 2.30. The van der Waals surface area contributed by atoms with Gasteiger partial charge in [0.1, 0.15) is 0 Å². The molecule has 1 heterocycles. The molecule has 0 saturated heterocycles. The van der Waals surface area contributed by atoms with E-state index >= 15 is 0 Å². The normalized spacial score (nSPS) is 13.5. The molecule has 0 aliphatic heterocycles. The fourth-order valence-corrected chi connectivity index (χ4v) is 2.98. The molecule has 0 aliphatic rings. The van der Waals surface area contributed by atoms with Gasteiger partial charge in [-0.3, -0.25) is 11.3 Å². The molecule has 1 rings (SSSR count). The van der Waals surface area contributed by atoms with Crippen LogP contribution in [0.1, 0.15) is 17.3 Å². The average molecular weight is 278 g/mol. The molecular formula is C9H16BrN3S. The zero-order chi connectivity index (χ0) is 10.6. The van der Waals surface area contributed by atoms with Crippen molar-refractivity contribution in [2.24, 2.45) is 5.84 Å². The third-order valence-electron chi connectivity index (χ3n) is 2.03. The van der Waals surface area contributed by atoms with Crippen LogP contribution in [0.3, 0.4) is 0 Å². The zero-order valence-corrected chi connectivity index (χ0v) is 10.9. The number of nitrogens with zero attached hydrogens (tertiary/aromatic N) is 1. The molecule has 1 aromatic heterocycles. The van der Waals surface area contributed by atoms with Crippen molar-refractivity contribution in [3.05, 3.63) is 20.8 Å². The monoisotopic (exact) mass is 277 g/mol. The molecule has 0 aromatic carbocycles. The van der Waals surface area contributed by atoms with E-state index in [-0.39, 0.29) is 6.04 Å². The van der Waals surface area contributed by atoms with Crippen molar-refractivity contribution in [1.82, 2.24) is 10.3 Å². The molecule has 5 heteroatoms. The van der Waals surface area contributed by atoms with Crippen molar-refractivity contribution in [3.8, 4) is 0 Å². The van der Waals surface area contributed by atoms with Gasteiger partial charge in [-0.25, -0.2) is 0 Å². The lowest BCUT2D eigenvalue weighted by molar-refractivity contribution is 0.364. The lowest BCUT2D eigenvalue weighted by Crippen LogP contribution is -2.30. The fourth-order valence-electron chi connectivity index (χ4n) is 1.23. The van der Waals surface area contributed by atoms with Crippen molar-refractivity contribution in [1.29, 1.82) is 0 Å². The summed E-state index contributed by atoms with van der Waals surface area (Å²) in [5.74, 6) is 5.54. The predicted molar refractivity (Wildman–Crippen MR) is 65.3 cm³/mol. The van der Waals surface area contributed by atoms with Gasteiger partial charge in [0.2, 0.25) is 0 Å². The largest absolute Gasteiger partial charge is 0.309 e. The zero-order valence-electron chi connectivity index (χ0n) is 8.46. The van der Waals surface area contributed by atoms with Crippen molar-refractivity contribution in [3.63, 3.8) is 0 Å². The molecule has 1 atom stereocenters. The predicted octanol–water partition coefficient (Wildman–Crippen LogP) is 1.97. The SMILES string of the molecule is CN(C)CCC(NN)c1sccc1Br. The number of hydrazine groups is 1. The van der Waals surface area contributed by atoms with E-state index in [1.54, 1.807) is 11.3 Å². The number of nitrogens with one attached hydrogen (secondary N) is 1. The summed E-state index contributed by atoms with van der Waals surface area (Å²) < 4.78 is 1.14. The van der Waals surface area contributed by atoms with Crippen LogP contribution in [0.25, 0.3) is 0 Å². The topological polar surface area (TPSA) is 41.3 Å². The van der Waals surface area contributed by atoms with E-state index in [4.69, 9.17) is 5.84 Å². The van der Waals surface area contributed by atoms with Gasteiger partial charge in [0.05, 0.1) is 6.04 Å². The van der Waals surface area contributed by atoms with Crippen LogP contribution in [0.5, 0.6) is 0 Å². The van der Waals surface area contributed by atoms with Gasteiger partial charge in [-0.05, 0) is 54.4 Å². The summed E-state index contributed by atoms with van der Waals surface area (Å²) in [5, 5.41) is 2.07. The Morgan fingerprint density at radius 3 is 2.79 bits per heavy atom. The van der Waals surface area contributed by atoms with Gasteiger partial charge in [-0.2, -0.15) is 0 Å². The van der Waals surface area contributed by atoms with E-state index in [2.05, 4.69) is 51.8 Å². The van der Waals surface area contributed by atoms with E-state index in [1.165, 1.54) is 4.88 Å². The van der Waals surface area contributed by atoms with E-state index in [1.807, 2.05) is 0 Å². The first-order chi connectivity index (χ1) is 6.65. The van der Waals surface area contributed by atoms with Gasteiger partial charge < -0.3 is 4.90 Å². The summed E-state index contributed by atoms with van der Waals surface area (Å²) >= 11 is 5.24. The smallest absolute Gasteiger partial charge is 0.0576 e. The summed E-state index contributed by atoms with van der Waals surface area (Å²) in [4.78, 5) is 3.43. The highest BCUT2D eigenvalue weighted by molar-refractivity contribution is 9.10. The Morgan fingerprint density at radius 1 is 1.64 bits per heavy atom. The van der Waals surface area contributed by atoms with Crippen molar-refractivity contribution < 1.29 is 0 Å². The second-order valence-electron chi connectivity index (χ2n) is 3.44. The van der Waals surface area contributed by atoms with Gasteiger partial charge in [-0.1, -0.05) is 0 Å². The highest BCUT2D eigenvalue weighted by atomic mass is 79.9. The Balaban J connectivity index is 2.58. The van der Waals surface area contributed by atoms with Crippen molar-refractivity contribution in [2.45, 2.75) is 12.5 Å². The summed E-state index contributed by atoms with van der Waals surface area (Å²) in [5.41, 5.74) is 2.85. The maximum Gasteiger partial charge on any atom is 0.0576 e. The second-order valence-corrected chi connectivity index (χ2v) is 5.25. The molecular weight excluding hydrogens is 262 g/mol. The van der Waals surface area contributed by atoms with Crippen LogP contribution in [0, 0.1) is 0 Å². The van der Waals surface area contributed by atoms with Gasteiger partial charge in [-0.15, -0.1) is 11.3 Å². The third kappa shape index (κ3) is 3.33. The molecule has 3 N–H and O–H groups in total. The minimum Gasteiger partial charge on any atom is -0.309 e. The van der Waals surface area contributed by atoms with Crippen LogP contribution in [0.15, 0.2) is 15.9 Å². The van der Waals surface area contributed by atoms with Gasteiger partial charge in [0.25, 0.3) is 0 Å². The van der Waals surface area contributed by atoms with Gasteiger partial charge in [0, 0.05) is 9.35 Å². The van der Waals surface area contributed by atoms with Crippen LogP contribution in [-0.2, 0) is 0 Å². The van der Waals surface area contributed by atoms with Crippen LogP contribution < -0.4 is 11.3 Å². The Kier molecular flexibility index (Phi) is 5.05. The first-order valence-electron chi connectivity index (χ1n) is 4.49. The van der Waals surface area contributed by atoms with Crippen LogP contribution in [0.2, 0.25) is 0 Å². The first kappa shape index (κ1) is 12.1. The Labute approximate surface area is 97.4 Å². The van der Waals surface area contributed by atoms with Crippen molar-refractivity contribution in [2.75, 3.05) is 20.6 Å². The lowest BCUT2D eigenvalue weighted by atomic mass is 10.2. The molecule has 0 saturated carbocycles. The van der Waals surface area contributed by atoms with E-state index in [0.29, 0.717) is 0 Å². The van der Waals surface area contributed by atoms with Gasteiger partial charge >= 0.3 is 0 Å². The quantitative estimate of drug-likeness (QED) is 0.639. The molecule has 1 unspecified atom stereocenters. The van der Waals surface area contributed by atoms with E-state index < -0.39 is 0 Å². The average Bonchev–Trinajstić information content (AvgIpc) is 2.53. The molecule has 80 valence electrons. The molecule has 0 amide bonds. The number of rotatable bonds is 5. The molecule has 14 heavy (non-hydrogen) atoms. The first-order valence-corrected chi connectivity index (χ1v) is 6.16. The Morgan fingerprint density at radius 2 is 2.36 bits per heavy atom. The van der Waals surface area contributed by atoms with Crippen molar-refractivity contribution >= 4 is 27.3 Å². The Bertz CT molecular complexity index is 275. The summed E-state index contributed by atoms with van der Waals surface area (Å²) in [6.45, 7) is 1.03. The molecule has 1 aromatic rings. The highest BCUT2D eigenvalue weighted by Gasteiger charge is 2.14. The second kappa shape index (κ2) is 5.82. The molecule has 0 radical (unpaired) electrons. The highest BCUT2D eigenvalue weighted by Crippen LogP contribution is 2.30. The standard InChI is InChI=1S/C9H16BrN3S/c1-13(2)5-3-8(12-11)9-7(10)4-6-14-9/h4,6,8,12H,3,5,11H2,1-2H3. The molecule has 0 fully saturated rings. The molecule has 0 aliphatic carbocycles. The van der Waals surface area contributed by atoms with Crippen LogP contribution in [-0.4, -0.2) is 25.5 Å². The van der Waals surface area contributed by atoms with Crippen LogP contribution >= 0.6 is 27.3 Å². The minimum atomic E-state index is 0.242. The number of halogens is 1. The maximum atomic E-state index is 5.54. The number of hydrogen-bond acceptors (Lipinski definition) is 4. The summed E-state index contributed by atoms with van der Waals surface area (Å²) in [7, 11) is 4.13. The van der Waals surface area contributed by atoms with E-state index in [0.717, 1.165) is 17.4 Å². The van der Waals surface area contributed by atoms with E-state index in [9.17, 15) is 0 Å². The molecule has 3 nitrogen and oxygen atoms in total. The number of nitrogens with two attached hydrogens (primary N) is 1. The summed E-state index contributed by atoms with van der Waals surface area (Å²) in [6.07, 6.45) is 1.02. The van der Waals surface area contributed by atoms with Crippen LogP contribution in [0.4, 0.5) is 0 Å². The maximum absolute atomic E-state index is 5.54. The Hall–Kier alpha value is 0.0600. The molecule has 0 spiro atoms. The number of thiophene rings is 1.